The average Bonchev–Trinajstić information content (AvgIpc) is 2.36. The first kappa shape index (κ1) is 8.05. The molecule has 0 bridgehead atoms. The van der Waals surface area contributed by atoms with E-state index in [9.17, 15) is 4.79 Å². The normalized spacial score (nSPS) is 16.5. The van der Waals surface area contributed by atoms with Crippen LogP contribution in [-0.4, -0.2) is 12.6 Å². The topological polar surface area (TPSA) is 26.3 Å². The van der Waals surface area contributed by atoms with Crippen molar-refractivity contribution in [1.82, 2.24) is 0 Å². The molecule has 2 nitrogen and oxygen atoms in total. The van der Waals surface area contributed by atoms with Crippen molar-refractivity contribution in [3.05, 3.63) is 23.8 Å². The summed E-state index contributed by atoms with van der Waals surface area (Å²) in [6.45, 7) is 6.04. The summed E-state index contributed by atoms with van der Waals surface area (Å²) < 4.78 is 4.83. The van der Waals surface area contributed by atoms with E-state index in [1.807, 2.05) is 13.0 Å². The first-order chi connectivity index (χ1) is 5.24. The van der Waals surface area contributed by atoms with Crippen LogP contribution >= 0.6 is 0 Å². The van der Waals surface area contributed by atoms with Crippen LogP contribution < -0.4 is 0 Å². The lowest BCUT2D eigenvalue weighted by Gasteiger charge is -2.00. The average molecular weight is 152 g/mol. The lowest BCUT2D eigenvalue weighted by molar-refractivity contribution is -0.138. The molecule has 2 heteroatoms. The molecule has 1 rings (SSSR count). The van der Waals surface area contributed by atoms with E-state index in [4.69, 9.17) is 4.74 Å². The molecule has 1 aliphatic rings. The van der Waals surface area contributed by atoms with Crippen molar-refractivity contribution in [2.45, 2.75) is 19.8 Å². The zero-order valence-corrected chi connectivity index (χ0v) is 6.72. The SMILES string of the molecule is C=C1CC=C(C(=O)OCC)C1. The molecule has 0 saturated heterocycles. The maximum Gasteiger partial charge on any atom is 0.334 e. The Labute approximate surface area is 66.5 Å². The van der Waals surface area contributed by atoms with Gasteiger partial charge >= 0.3 is 5.97 Å². The highest BCUT2D eigenvalue weighted by atomic mass is 16.5. The van der Waals surface area contributed by atoms with Crippen molar-refractivity contribution in [3.63, 3.8) is 0 Å². The molecule has 0 amide bonds. The molecule has 0 aliphatic heterocycles. The minimum Gasteiger partial charge on any atom is -0.463 e. The standard InChI is InChI=1S/C9H12O2/c1-3-11-9(10)8-5-4-7(2)6-8/h5H,2-4,6H2,1H3. The van der Waals surface area contributed by atoms with Crippen molar-refractivity contribution < 1.29 is 9.53 Å². The van der Waals surface area contributed by atoms with Gasteiger partial charge in [-0.15, -0.1) is 0 Å². The van der Waals surface area contributed by atoms with Gasteiger partial charge < -0.3 is 4.74 Å². The van der Waals surface area contributed by atoms with E-state index in [0.29, 0.717) is 13.0 Å². The lowest BCUT2D eigenvalue weighted by Crippen LogP contribution is -2.05. The first-order valence-electron chi connectivity index (χ1n) is 3.77. The highest BCUT2D eigenvalue weighted by Crippen LogP contribution is 2.22. The predicted octanol–water partition coefficient (Wildman–Crippen LogP) is 1.83. The Morgan fingerprint density at radius 3 is 3.00 bits per heavy atom. The van der Waals surface area contributed by atoms with E-state index in [1.54, 1.807) is 0 Å². The van der Waals surface area contributed by atoms with E-state index in [0.717, 1.165) is 17.6 Å². The number of hydrogen-bond donors (Lipinski definition) is 0. The Morgan fingerprint density at radius 1 is 1.82 bits per heavy atom. The Morgan fingerprint density at radius 2 is 2.55 bits per heavy atom. The van der Waals surface area contributed by atoms with E-state index in [2.05, 4.69) is 6.58 Å². The summed E-state index contributed by atoms with van der Waals surface area (Å²) in [5.41, 5.74) is 1.85. The van der Waals surface area contributed by atoms with Gasteiger partial charge in [-0.05, 0) is 13.3 Å². The maximum absolute atomic E-state index is 11.1. The fraction of sp³-hybridized carbons (Fsp3) is 0.444. The summed E-state index contributed by atoms with van der Waals surface area (Å²) in [6, 6.07) is 0. The van der Waals surface area contributed by atoms with Gasteiger partial charge in [0.05, 0.1) is 6.61 Å². The van der Waals surface area contributed by atoms with E-state index in [1.165, 1.54) is 0 Å². The highest BCUT2D eigenvalue weighted by molar-refractivity contribution is 5.89. The number of rotatable bonds is 2. The minimum atomic E-state index is -0.189. The van der Waals surface area contributed by atoms with Crippen LogP contribution in [0.2, 0.25) is 0 Å². The molecule has 11 heavy (non-hydrogen) atoms. The lowest BCUT2D eigenvalue weighted by atomic mass is 10.2. The molecule has 0 radical (unpaired) electrons. The fourth-order valence-electron chi connectivity index (χ4n) is 1.06. The van der Waals surface area contributed by atoms with Gasteiger partial charge in [0.2, 0.25) is 0 Å². The molecule has 0 aromatic carbocycles. The van der Waals surface area contributed by atoms with Crippen LogP contribution in [0.25, 0.3) is 0 Å². The van der Waals surface area contributed by atoms with E-state index in [-0.39, 0.29) is 5.97 Å². The van der Waals surface area contributed by atoms with Gasteiger partial charge in [-0.3, -0.25) is 0 Å². The molecule has 0 atom stereocenters. The summed E-state index contributed by atoms with van der Waals surface area (Å²) in [4.78, 5) is 11.1. The van der Waals surface area contributed by atoms with Gasteiger partial charge in [0.15, 0.2) is 0 Å². The van der Waals surface area contributed by atoms with Crippen LogP contribution in [0.5, 0.6) is 0 Å². The third kappa shape index (κ3) is 1.93. The van der Waals surface area contributed by atoms with Crippen molar-refractivity contribution in [2.24, 2.45) is 0 Å². The third-order valence-electron chi connectivity index (χ3n) is 1.62. The van der Waals surface area contributed by atoms with Gasteiger partial charge in [-0.1, -0.05) is 18.2 Å². The number of ether oxygens (including phenoxy) is 1. The number of carbonyl (C=O) groups excluding carboxylic acids is 1. The van der Waals surface area contributed by atoms with Gasteiger partial charge in [-0.2, -0.15) is 0 Å². The van der Waals surface area contributed by atoms with Gasteiger partial charge in [0.25, 0.3) is 0 Å². The van der Waals surface area contributed by atoms with Gasteiger partial charge in [-0.25, -0.2) is 4.79 Å². The molecule has 0 N–H and O–H groups in total. The zero-order chi connectivity index (χ0) is 8.27. The number of allylic oxidation sites excluding steroid dienone is 2. The second kappa shape index (κ2) is 3.37. The zero-order valence-electron chi connectivity index (χ0n) is 6.72. The Balaban J connectivity index is 2.49. The summed E-state index contributed by atoms with van der Waals surface area (Å²) in [7, 11) is 0. The van der Waals surface area contributed by atoms with Gasteiger partial charge in [0.1, 0.15) is 0 Å². The Kier molecular flexibility index (Phi) is 2.47. The van der Waals surface area contributed by atoms with Crippen LogP contribution in [0.15, 0.2) is 23.8 Å². The van der Waals surface area contributed by atoms with Crippen molar-refractivity contribution in [2.75, 3.05) is 6.61 Å². The Hall–Kier alpha value is -1.05. The van der Waals surface area contributed by atoms with Crippen LogP contribution in [0, 0.1) is 0 Å². The number of esters is 1. The quantitative estimate of drug-likeness (QED) is 0.445. The molecular formula is C9H12O2. The van der Waals surface area contributed by atoms with Crippen molar-refractivity contribution in [3.8, 4) is 0 Å². The number of carbonyl (C=O) groups is 1. The molecule has 0 spiro atoms. The molecule has 0 unspecified atom stereocenters. The third-order valence-corrected chi connectivity index (χ3v) is 1.62. The summed E-state index contributed by atoms with van der Waals surface area (Å²) in [6.07, 6.45) is 3.41. The first-order valence-corrected chi connectivity index (χ1v) is 3.77. The molecule has 0 saturated carbocycles. The smallest absolute Gasteiger partial charge is 0.334 e. The second-order valence-electron chi connectivity index (χ2n) is 2.58. The van der Waals surface area contributed by atoms with Crippen LogP contribution in [-0.2, 0) is 9.53 Å². The molecule has 0 aromatic heterocycles. The highest BCUT2D eigenvalue weighted by Gasteiger charge is 2.15. The fourth-order valence-corrected chi connectivity index (χ4v) is 1.06. The van der Waals surface area contributed by atoms with Crippen molar-refractivity contribution >= 4 is 5.97 Å². The maximum atomic E-state index is 11.1. The predicted molar refractivity (Wildman–Crippen MR) is 43.1 cm³/mol. The molecule has 0 fully saturated rings. The van der Waals surface area contributed by atoms with Crippen LogP contribution in [0.1, 0.15) is 19.8 Å². The monoisotopic (exact) mass is 152 g/mol. The van der Waals surface area contributed by atoms with Crippen LogP contribution in [0.4, 0.5) is 0 Å². The second-order valence-corrected chi connectivity index (χ2v) is 2.58. The molecule has 0 aromatic rings. The summed E-state index contributed by atoms with van der Waals surface area (Å²) in [5, 5.41) is 0. The summed E-state index contributed by atoms with van der Waals surface area (Å²) in [5.74, 6) is -0.189. The van der Waals surface area contributed by atoms with Crippen molar-refractivity contribution in [1.29, 1.82) is 0 Å². The Bertz CT molecular complexity index is 214. The molecule has 1 aliphatic carbocycles. The summed E-state index contributed by atoms with van der Waals surface area (Å²) >= 11 is 0. The molecular weight excluding hydrogens is 140 g/mol. The largest absolute Gasteiger partial charge is 0.463 e. The van der Waals surface area contributed by atoms with E-state index < -0.39 is 0 Å². The minimum absolute atomic E-state index is 0.189. The molecule has 60 valence electrons. The number of hydrogen-bond acceptors (Lipinski definition) is 2. The molecule has 0 heterocycles. The van der Waals surface area contributed by atoms with Gasteiger partial charge in [0, 0.05) is 12.0 Å². The van der Waals surface area contributed by atoms with Crippen LogP contribution in [0.3, 0.4) is 0 Å². The van der Waals surface area contributed by atoms with E-state index >= 15 is 0 Å².